The van der Waals surface area contributed by atoms with Gasteiger partial charge in [0, 0.05) is 25.2 Å². The van der Waals surface area contributed by atoms with Crippen LogP contribution in [0.25, 0.3) is 0 Å². The molecule has 2 aliphatic rings. The van der Waals surface area contributed by atoms with Crippen LogP contribution in [0.2, 0.25) is 0 Å². The van der Waals surface area contributed by atoms with Gasteiger partial charge in [-0.25, -0.2) is 0 Å². The third kappa shape index (κ3) is 0.966. The van der Waals surface area contributed by atoms with Crippen molar-refractivity contribution in [2.45, 2.75) is 24.9 Å². The number of thiol groups is 1. The second kappa shape index (κ2) is 2.40. The average Bonchev–Trinajstić information content (AvgIpc) is 2.20. The van der Waals surface area contributed by atoms with Gasteiger partial charge in [0.05, 0.1) is 0 Å². The Morgan fingerprint density at radius 1 is 1.20 bits per heavy atom. The van der Waals surface area contributed by atoms with Crippen LogP contribution in [0.15, 0.2) is 0 Å². The Morgan fingerprint density at radius 3 is 2.20 bits per heavy atom. The second-order valence-corrected chi connectivity index (χ2v) is 3.99. The smallest absolute Gasteiger partial charge is 0.0244 e. The molecule has 0 radical (unpaired) electrons. The lowest BCUT2D eigenvalue weighted by atomic mass is 10.2. The molecule has 2 unspecified atom stereocenters. The van der Waals surface area contributed by atoms with Gasteiger partial charge in [-0.15, -0.1) is 0 Å². The van der Waals surface area contributed by atoms with Gasteiger partial charge >= 0.3 is 0 Å². The number of rotatable bonds is 0. The standard InChI is InChI=1S/C7H14N2S/c1-8-6-2-3-7(8)5-9(10)4-6/h6-7,10H,2-5H2,1H3. The molecule has 0 aromatic carbocycles. The first kappa shape index (κ1) is 6.95. The van der Waals surface area contributed by atoms with E-state index in [-0.39, 0.29) is 0 Å². The van der Waals surface area contributed by atoms with Crippen LogP contribution in [0.1, 0.15) is 12.8 Å². The molecule has 0 saturated carbocycles. The highest BCUT2D eigenvalue weighted by atomic mass is 32.1. The summed E-state index contributed by atoms with van der Waals surface area (Å²) in [5, 5.41) is 0. The minimum absolute atomic E-state index is 0.788. The summed E-state index contributed by atoms with van der Waals surface area (Å²) in [7, 11) is 2.24. The van der Waals surface area contributed by atoms with Crippen LogP contribution in [0.4, 0.5) is 0 Å². The van der Waals surface area contributed by atoms with E-state index in [0.29, 0.717) is 0 Å². The summed E-state index contributed by atoms with van der Waals surface area (Å²) in [6.45, 7) is 2.30. The maximum absolute atomic E-state index is 4.37. The van der Waals surface area contributed by atoms with E-state index in [2.05, 4.69) is 29.1 Å². The second-order valence-electron chi connectivity index (χ2n) is 3.42. The van der Waals surface area contributed by atoms with E-state index in [4.69, 9.17) is 0 Å². The Kier molecular flexibility index (Phi) is 1.66. The monoisotopic (exact) mass is 158 g/mol. The molecule has 2 nitrogen and oxygen atoms in total. The van der Waals surface area contributed by atoms with Crippen molar-refractivity contribution in [3.05, 3.63) is 0 Å². The molecule has 0 aliphatic carbocycles. The largest absolute Gasteiger partial charge is 0.298 e. The maximum atomic E-state index is 4.37. The van der Waals surface area contributed by atoms with E-state index in [1.165, 1.54) is 12.8 Å². The lowest BCUT2D eigenvalue weighted by molar-refractivity contribution is 0.148. The zero-order valence-corrected chi connectivity index (χ0v) is 7.22. The van der Waals surface area contributed by atoms with Crippen molar-refractivity contribution in [1.82, 2.24) is 9.21 Å². The van der Waals surface area contributed by atoms with Crippen LogP contribution in [-0.2, 0) is 0 Å². The van der Waals surface area contributed by atoms with Crippen molar-refractivity contribution in [2.75, 3.05) is 20.1 Å². The zero-order valence-electron chi connectivity index (χ0n) is 6.32. The van der Waals surface area contributed by atoms with Gasteiger partial charge in [-0.05, 0) is 19.9 Å². The Morgan fingerprint density at radius 2 is 1.70 bits per heavy atom. The highest BCUT2D eigenvalue weighted by Crippen LogP contribution is 2.28. The molecular formula is C7H14N2S. The van der Waals surface area contributed by atoms with Gasteiger partial charge in [0.25, 0.3) is 0 Å². The number of piperazine rings is 1. The van der Waals surface area contributed by atoms with Gasteiger partial charge in [0.2, 0.25) is 0 Å². The van der Waals surface area contributed by atoms with Crippen molar-refractivity contribution >= 4 is 12.8 Å². The fourth-order valence-corrected chi connectivity index (χ4v) is 2.47. The first-order chi connectivity index (χ1) is 4.77. The Labute approximate surface area is 67.7 Å². The summed E-state index contributed by atoms with van der Waals surface area (Å²) in [6, 6.07) is 1.58. The Hall–Kier alpha value is 0.270. The minimum atomic E-state index is 0.788. The van der Waals surface area contributed by atoms with E-state index < -0.39 is 0 Å². The summed E-state index contributed by atoms with van der Waals surface area (Å²) in [5.74, 6) is 0. The fourth-order valence-electron chi connectivity index (χ4n) is 2.09. The number of fused-ring (bicyclic) bond motifs is 2. The number of hydrogen-bond acceptors (Lipinski definition) is 3. The highest BCUT2D eigenvalue weighted by molar-refractivity contribution is 7.77. The SMILES string of the molecule is CN1C2CCC1CN(S)C2. The van der Waals surface area contributed by atoms with E-state index in [9.17, 15) is 0 Å². The van der Waals surface area contributed by atoms with E-state index >= 15 is 0 Å². The molecule has 2 fully saturated rings. The minimum Gasteiger partial charge on any atom is -0.298 e. The number of hydrogen-bond donors (Lipinski definition) is 1. The van der Waals surface area contributed by atoms with Gasteiger partial charge in [-0.3, -0.25) is 9.21 Å². The Balaban J connectivity index is 2.09. The summed E-state index contributed by atoms with van der Waals surface area (Å²) in [5.41, 5.74) is 0. The molecule has 2 saturated heterocycles. The van der Waals surface area contributed by atoms with Crippen molar-refractivity contribution in [3.63, 3.8) is 0 Å². The third-order valence-corrected chi connectivity index (χ3v) is 3.15. The molecule has 2 bridgehead atoms. The van der Waals surface area contributed by atoms with Gasteiger partial charge in [-0.1, -0.05) is 12.8 Å². The van der Waals surface area contributed by atoms with Crippen LogP contribution in [0, 0.1) is 0 Å². The van der Waals surface area contributed by atoms with E-state index in [1.807, 2.05) is 0 Å². The molecule has 0 N–H and O–H groups in total. The van der Waals surface area contributed by atoms with Crippen LogP contribution in [0.3, 0.4) is 0 Å². The van der Waals surface area contributed by atoms with Crippen LogP contribution in [0.5, 0.6) is 0 Å². The molecule has 0 aromatic rings. The molecule has 2 heterocycles. The Bertz CT molecular complexity index is 126. The molecule has 2 atom stereocenters. The summed E-state index contributed by atoms with van der Waals surface area (Å²) in [4.78, 5) is 2.51. The summed E-state index contributed by atoms with van der Waals surface area (Å²) >= 11 is 4.37. The topological polar surface area (TPSA) is 6.48 Å². The molecular weight excluding hydrogens is 144 g/mol. The molecule has 58 valence electrons. The molecule has 10 heavy (non-hydrogen) atoms. The maximum Gasteiger partial charge on any atom is 0.0244 e. The lowest BCUT2D eigenvalue weighted by Gasteiger charge is -2.35. The van der Waals surface area contributed by atoms with Crippen LogP contribution >= 0.6 is 12.8 Å². The first-order valence-electron chi connectivity index (χ1n) is 3.93. The van der Waals surface area contributed by atoms with Gasteiger partial charge in [-0.2, -0.15) is 0 Å². The summed E-state index contributed by atoms with van der Waals surface area (Å²) in [6.07, 6.45) is 2.75. The fraction of sp³-hybridized carbons (Fsp3) is 1.00. The predicted octanol–water partition coefficient (Wildman–Crippen LogP) is 0.610. The van der Waals surface area contributed by atoms with Crippen LogP contribution < -0.4 is 0 Å². The lowest BCUT2D eigenvalue weighted by Crippen LogP contribution is -2.48. The van der Waals surface area contributed by atoms with E-state index in [0.717, 1.165) is 25.2 Å². The third-order valence-electron chi connectivity index (χ3n) is 2.83. The van der Waals surface area contributed by atoms with E-state index in [1.54, 1.807) is 0 Å². The average molecular weight is 158 g/mol. The zero-order chi connectivity index (χ0) is 7.14. The first-order valence-corrected chi connectivity index (χ1v) is 4.33. The molecule has 2 rings (SSSR count). The normalized spacial score (nSPS) is 42.6. The van der Waals surface area contributed by atoms with Gasteiger partial charge < -0.3 is 0 Å². The van der Waals surface area contributed by atoms with Crippen molar-refractivity contribution < 1.29 is 0 Å². The van der Waals surface area contributed by atoms with Gasteiger partial charge in [0.15, 0.2) is 0 Å². The molecule has 3 heteroatoms. The van der Waals surface area contributed by atoms with Crippen molar-refractivity contribution in [2.24, 2.45) is 0 Å². The molecule has 0 amide bonds. The van der Waals surface area contributed by atoms with Crippen molar-refractivity contribution in [1.29, 1.82) is 0 Å². The predicted molar refractivity (Wildman–Crippen MR) is 45.1 cm³/mol. The molecule has 0 aromatic heterocycles. The number of likely N-dealkylation sites (N-methyl/N-ethyl adjacent to an activating group) is 1. The van der Waals surface area contributed by atoms with Crippen LogP contribution in [-0.4, -0.2) is 41.4 Å². The summed E-state index contributed by atoms with van der Waals surface area (Å²) < 4.78 is 2.16. The highest BCUT2D eigenvalue weighted by Gasteiger charge is 2.36. The molecule has 2 aliphatic heterocycles. The molecule has 0 spiro atoms. The van der Waals surface area contributed by atoms with Crippen molar-refractivity contribution in [3.8, 4) is 0 Å². The quantitative estimate of drug-likeness (QED) is 0.516. The number of nitrogens with zero attached hydrogens (tertiary/aromatic N) is 2. The van der Waals surface area contributed by atoms with Gasteiger partial charge in [0.1, 0.15) is 0 Å².